The Morgan fingerprint density at radius 1 is 1.44 bits per heavy atom. The van der Waals surface area contributed by atoms with Crippen LogP contribution in [-0.2, 0) is 10.8 Å². The molecule has 0 aliphatic carbocycles. The molecule has 0 spiro atoms. The number of benzene rings is 1. The Morgan fingerprint density at radius 2 is 2.06 bits per heavy atom. The summed E-state index contributed by atoms with van der Waals surface area (Å²) in [4.78, 5) is 11.7. The molecule has 2 unspecified atom stereocenters. The van der Waals surface area contributed by atoms with Crippen molar-refractivity contribution in [1.82, 2.24) is 0 Å². The third-order valence-electron chi connectivity index (χ3n) is 2.24. The van der Waals surface area contributed by atoms with Gasteiger partial charge in [-0.3, -0.25) is 9.00 Å². The molecule has 1 aromatic rings. The summed E-state index contributed by atoms with van der Waals surface area (Å²) >= 11 is 0. The zero-order valence-electron chi connectivity index (χ0n) is 9.00. The molecule has 0 aliphatic rings. The van der Waals surface area contributed by atoms with Crippen molar-refractivity contribution in [3.05, 3.63) is 35.4 Å². The zero-order chi connectivity index (χ0) is 12.3. The van der Waals surface area contributed by atoms with Crippen LogP contribution in [0.25, 0.3) is 0 Å². The van der Waals surface area contributed by atoms with Gasteiger partial charge < -0.3 is 0 Å². The van der Waals surface area contributed by atoms with Crippen LogP contribution in [0, 0.1) is 11.6 Å². The highest BCUT2D eigenvalue weighted by Gasteiger charge is 2.22. The van der Waals surface area contributed by atoms with Crippen molar-refractivity contribution in [1.29, 1.82) is 0 Å². The van der Waals surface area contributed by atoms with Crippen LogP contribution in [0.1, 0.15) is 24.2 Å². The van der Waals surface area contributed by atoms with E-state index in [-0.39, 0.29) is 5.56 Å². The number of hydrogen-bond donors (Lipinski definition) is 0. The van der Waals surface area contributed by atoms with Gasteiger partial charge in [0, 0.05) is 22.6 Å². The Hall–Kier alpha value is -1.10. The number of halogens is 2. The molecule has 0 heterocycles. The lowest BCUT2D eigenvalue weighted by molar-refractivity contribution is 0.0989. The molecule has 0 aliphatic heterocycles. The molecule has 0 radical (unpaired) electrons. The van der Waals surface area contributed by atoms with E-state index in [4.69, 9.17) is 0 Å². The maximum Gasteiger partial charge on any atom is 0.181 e. The molecule has 1 rings (SSSR count). The van der Waals surface area contributed by atoms with E-state index in [2.05, 4.69) is 0 Å². The van der Waals surface area contributed by atoms with Crippen molar-refractivity contribution in [3.8, 4) is 0 Å². The van der Waals surface area contributed by atoms with Crippen LogP contribution < -0.4 is 0 Å². The zero-order valence-corrected chi connectivity index (χ0v) is 9.81. The molecule has 88 valence electrons. The van der Waals surface area contributed by atoms with E-state index in [1.54, 1.807) is 6.92 Å². The van der Waals surface area contributed by atoms with Crippen molar-refractivity contribution in [2.45, 2.75) is 19.1 Å². The molecule has 0 saturated heterocycles. The Kier molecular flexibility index (Phi) is 4.29. The van der Waals surface area contributed by atoms with E-state index in [9.17, 15) is 17.8 Å². The fraction of sp³-hybridized carbons (Fsp3) is 0.364. The Labute approximate surface area is 95.1 Å². The van der Waals surface area contributed by atoms with Gasteiger partial charge in [0.1, 0.15) is 11.6 Å². The maximum absolute atomic E-state index is 13.3. The average molecular weight is 246 g/mol. The molecule has 0 bridgehead atoms. The predicted molar refractivity (Wildman–Crippen MR) is 58.8 cm³/mol. The minimum absolute atomic E-state index is 0.212. The van der Waals surface area contributed by atoms with E-state index in [1.807, 2.05) is 0 Å². The van der Waals surface area contributed by atoms with Crippen LogP contribution in [0.4, 0.5) is 8.78 Å². The van der Waals surface area contributed by atoms with Crippen LogP contribution in [0.3, 0.4) is 0 Å². The summed E-state index contributed by atoms with van der Waals surface area (Å²) in [6, 6.07) is 2.74. The molecule has 0 amide bonds. The fourth-order valence-electron chi connectivity index (χ4n) is 1.28. The standard InChI is InChI=1S/C11H12F2O2S/c1-3-16(15)7(2)11(14)9-5-4-8(12)6-10(9)13/h4-7H,3H2,1-2H3. The molecule has 0 saturated carbocycles. The highest BCUT2D eigenvalue weighted by molar-refractivity contribution is 7.86. The smallest absolute Gasteiger partial charge is 0.181 e. The summed E-state index contributed by atoms with van der Waals surface area (Å²) in [7, 11) is -1.33. The predicted octanol–water partition coefficient (Wildman–Crippen LogP) is 2.30. The van der Waals surface area contributed by atoms with Crippen molar-refractivity contribution in [3.63, 3.8) is 0 Å². The third-order valence-corrected chi connectivity index (χ3v) is 3.82. The maximum atomic E-state index is 13.3. The van der Waals surface area contributed by atoms with E-state index in [1.165, 1.54) is 6.92 Å². The van der Waals surface area contributed by atoms with E-state index >= 15 is 0 Å². The van der Waals surface area contributed by atoms with Crippen molar-refractivity contribution < 1.29 is 17.8 Å². The molecule has 2 atom stereocenters. The lowest BCUT2D eigenvalue weighted by atomic mass is 10.1. The summed E-state index contributed by atoms with van der Waals surface area (Å²) in [5, 5.41) is -0.773. The van der Waals surface area contributed by atoms with Crippen LogP contribution in [0.15, 0.2) is 18.2 Å². The summed E-state index contributed by atoms with van der Waals surface area (Å²) in [6.07, 6.45) is 0. The van der Waals surface area contributed by atoms with Gasteiger partial charge in [0.25, 0.3) is 0 Å². The lowest BCUT2D eigenvalue weighted by Gasteiger charge is -2.09. The molecule has 16 heavy (non-hydrogen) atoms. The lowest BCUT2D eigenvalue weighted by Crippen LogP contribution is -2.24. The monoisotopic (exact) mass is 246 g/mol. The van der Waals surface area contributed by atoms with Gasteiger partial charge in [-0.2, -0.15) is 0 Å². The van der Waals surface area contributed by atoms with Crippen molar-refractivity contribution >= 4 is 16.6 Å². The first-order valence-electron chi connectivity index (χ1n) is 4.83. The van der Waals surface area contributed by atoms with Crippen LogP contribution in [0.5, 0.6) is 0 Å². The molecule has 1 aromatic carbocycles. The van der Waals surface area contributed by atoms with Gasteiger partial charge in [0.15, 0.2) is 5.78 Å². The van der Waals surface area contributed by atoms with Gasteiger partial charge >= 0.3 is 0 Å². The van der Waals surface area contributed by atoms with Gasteiger partial charge in [-0.15, -0.1) is 0 Å². The van der Waals surface area contributed by atoms with Crippen LogP contribution in [0.2, 0.25) is 0 Å². The average Bonchev–Trinajstić information content (AvgIpc) is 2.26. The fourth-order valence-corrected chi connectivity index (χ4v) is 2.14. The molecule has 0 N–H and O–H groups in total. The number of Topliss-reactive ketones (excluding diaryl/α,β-unsaturated/α-hetero) is 1. The van der Waals surface area contributed by atoms with E-state index < -0.39 is 33.5 Å². The number of carbonyl (C=O) groups excluding carboxylic acids is 1. The van der Waals surface area contributed by atoms with Crippen molar-refractivity contribution in [2.24, 2.45) is 0 Å². The Balaban J connectivity index is 3.01. The molecule has 2 nitrogen and oxygen atoms in total. The Bertz CT molecular complexity index is 432. The van der Waals surface area contributed by atoms with Crippen molar-refractivity contribution in [2.75, 3.05) is 5.75 Å². The van der Waals surface area contributed by atoms with Crippen LogP contribution in [-0.4, -0.2) is 21.0 Å². The summed E-state index contributed by atoms with van der Waals surface area (Å²) < 4.78 is 37.3. The van der Waals surface area contributed by atoms with E-state index in [0.717, 1.165) is 12.1 Å². The molecular weight excluding hydrogens is 234 g/mol. The minimum atomic E-state index is -1.33. The van der Waals surface area contributed by atoms with Gasteiger partial charge in [0.05, 0.1) is 10.8 Å². The molecular formula is C11H12F2O2S. The number of hydrogen-bond acceptors (Lipinski definition) is 2. The normalized spacial score (nSPS) is 14.5. The first-order valence-corrected chi connectivity index (χ1v) is 6.22. The minimum Gasteiger partial charge on any atom is -0.293 e. The summed E-state index contributed by atoms with van der Waals surface area (Å²) in [5.41, 5.74) is -0.212. The molecule has 0 fully saturated rings. The molecule has 0 aromatic heterocycles. The summed E-state index contributed by atoms with van der Waals surface area (Å²) in [5.74, 6) is -1.88. The summed E-state index contributed by atoms with van der Waals surface area (Å²) in [6.45, 7) is 3.16. The number of ketones is 1. The van der Waals surface area contributed by atoms with E-state index in [0.29, 0.717) is 11.8 Å². The van der Waals surface area contributed by atoms with Gasteiger partial charge in [-0.05, 0) is 19.1 Å². The van der Waals surface area contributed by atoms with Gasteiger partial charge in [-0.25, -0.2) is 8.78 Å². The first-order chi connectivity index (χ1) is 7.47. The number of rotatable bonds is 4. The highest BCUT2D eigenvalue weighted by atomic mass is 32.2. The topological polar surface area (TPSA) is 34.1 Å². The highest BCUT2D eigenvalue weighted by Crippen LogP contribution is 2.14. The first kappa shape index (κ1) is 13.0. The van der Waals surface area contributed by atoms with Gasteiger partial charge in [-0.1, -0.05) is 6.92 Å². The quantitative estimate of drug-likeness (QED) is 0.764. The number of carbonyl (C=O) groups is 1. The SMILES string of the molecule is CCS(=O)C(C)C(=O)c1ccc(F)cc1F. The van der Waals surface area contributed by atoms with Gasteiger partial charge in [0.2, 0.25) is 0 Å². The Morgan fingerprint density at radius 3 is 2.56 bits per heavy atom. The van der Waals surface area contributed by atoms with Crippen LogP contribution >= 0.6 is 0 Å². The second-order valence-corrected chi connectivity index (χ2v) is 5.35. The second-order valence-electron chi connectivity index (χ2n) is 3.30. The molecule has 5 heteroatoms. The third kappa shape index (κ3) is 2.72. The second kappa shape index (κ2) is 5.30. The largest absolute Gasteiger partial charge is 0.293 e.